The fourth-order valence-corrected chi connectivity index (χ4v) is 3.93. The standard InChI is InChI=1S/C26H31N5O5/c1-4-35-24(33)15(3)12-19(25(34)36-5-2)13-20(32)17-9-6-16(7-10-17)8-11-18-14-29-23-21(18)22(27)30-26(28)31-23/h6-7,9-10,14,19H,3-5,8,11-13H2,1-2H3,(H5,27,28,29,30,31). The number of Topliss-reactive ketones (excluding diaryl/α,β-unsaturated/α-hetero) is 1. The van der Waals surface area contributed by atoms with Crippen molar-refractivity contribution in [1.29, 1.82) is 0 Å². The second-order valence-electron chi connectivity index (χ2n) is 8.31. The molecule has 1 unspecified atom stereocenters. The van der Waals surface area contributed by atoms with E-state index < -0.39 is 17.9 Å². The number of hydrogen-bond acceptors (Lipinski definition) is 9. The number of esters is 2. The Hall–Kier alpha value is -4.21. The normalized spacial score (nSPS) is 11.7. The predicted molar refractivity (Wildman–Crippen MR) is 136 cm³/mol. The van der Waals surface area contributed by atoms with Gasteiger partial charge in [-0.05, 0) is 44.2 Å². The number of benzene rings is 1. The number of hydrogen-bond donors (Lipinski definition) is 3. The first-order valence-corrected chi connectivity index (χ1v) is 11.8. The van der Waals surface area contributed by atoms with Gasteiger partial charge in [0.15, 0.2) is 5.78 Å². The summed E-state index contributed by atoms with van der Waals surface area (Å²) in [6.45, 7) is 7.44. The number of nitrogens with one attached hydrogen (secondary N) is 1. The van der Waals surface area contributed by atoms with Crippen LogP contribution in [0.5, 0.6) is 0 Å². The quantitative estimate of drug-likeness (QED) is 0.195. The van der Waals surface area contributed by atoms with Crippen molar-refractivity contribution < 1.29 is 23.9 Å². The van der Waals surface area contributed by atoms with E-state index in [0.717, 1.165) is 16.5 Å². The van der Waals surface area contributed by atoms with Crippen LogP contribution in [0.2, 0.25) is 0 Å². The summed E-state index contributed by atoms with van der Waals surface area (Å²) in [7, 11) is 0. The molecule has 0 aliphatic carbocycles. The molecule has 36 heavy (non-hydrogen) atoms. The number of carbonyl (C=O) groups is 3. The Labute approximate surface area is 209 Å². The number of aryl methyl sites for hydroxylation is 2. The number of fused-ring (bicyclic) bond motifs is 1. The Morgan fingerprint density at radius 1 is 1.00 bits per heavy atom. The van der Waals surface area contributed by atoms with Gasteiger partial charge in [0.1, 0.15) is 11.5 Å². The molecule has 0 saturated heterocycles. The number of nitrogens with zero attached hydrogens (tertiary/aromatic N) is 2. The van der Waals surface area contributed by atoms with Gasteiger partial charge in [0.05, 0.1) is 24.5 Å². The van der Waals surface area contributed by atoms with Crippen molar-refractivity contribution in [2.75, 3.05) is 24.7 Å². The van der Waals surface area contributed by atoms with Crippen LogP contribution in [-0.2, 0) is 31.9 Å². The Balaban J connectivity index is 1.65. The first-order chi connectivity index (χ1) is 17.2. The Kier molecular flexibility index (Phi) is 8.77. The number of ether oxygens (including phenoxy) is 2. The number of anilines is 2. The molecule has 2 heterocycles. The van der Waals surface area contributed by atoms with Crippen LogP contribution < -0.4 is 11.5 Å². The van der Waals surface area contributed by atoms with E-state index in [1.165, 1.54) is 0 Å². The van der Waals surface area contributed by atoms with Crippen LogP contribution >= 0.6 is 0 Å². The van der Waals surface area contributed by atoms with Crippen molar-refractivity contribution >= 4 is 40.5 Å². The van der Waals surface area contributed by atoms with Crippen LogP contribution in [0.15, 0.2) is 42.6 Å². The van der Waals surface area contributed by atoms with E-state index in [-0.39, 0.29) is 43.4 Å². The van der Waals surface area contributed by atoms with E-state index in [4.69, 9.17) is 20.9 Å². The Bertz CT molecular complexity index is 1270. The Morgan fingerprint density at radius 3 is 2.36 bits per heavy atom. The summed E-state index contributed by atoms with van der Waals surface area (Å²) in [5.41, 5.74) is 14.8. The maximum atomic E-state index is 12.9. The van der Waals surface area contributed by atoms with Gasteiger partial charge in [0.2, 0.25) is 5.95 Å². The zero-order valence-corrected chi connectivity index (χ0v) is 20.5. The second-order valence-corrected chi connectivity index (χ2v) is 8.31. The molecule has 1 atom stereocenters. The maximum Gasteiger partial charge on any atom is 0.333 e. The summed E-state index contributed by atoms with van der Waals surface area (Å²) in [6, 6.07) is 7.20. The molecule has 0 amide bonds. The molecule has 10 heteroatoms. The van der Waals surface area contributed by atoms with Crippen LogP contribution in [-0.4, -0.2) is 45.9 Å². The van der Waals surface area contributed by atoms with Gasteiger partial charge < -0.3 is 25.9 Å². The molecular weight excluding hydrogens is 462 g/mol. The Morgan fingerprint density at radius 2 is 1.69 bits per heavy atom. The minimum Gasteiger partial charge on any atom is -0.466 e. The van der Waals surface area contributed by atoms with Gasteiger partial charge in [0.25, 0.3) is 0 Å². The zero-order chi connectivity index (χ0) is 26.2. The highest BCUT2D eigenvalue weighted by Gasteiger charge is 2.27. The average molecular weight is 494 g/mol. The van der Waals surface area contributed by atoms with E-state index >= 15 is 0 Å². The fraction of sp³-hybridized carbons (Fsp3) is 0.346. The SMILES string of the molecule is C=C(CC(CC(=O)c1ccc(CCc2c[nH]c3nc(N)nc(N)c23)cc1)C(=O)OCC)C(=O)OCC. The maximum absolute atomic E-state index is 12.9. The van der Waals surface area contributed by atoms with Crippen LogP contribution in [0.25, 0.3) is 11.0 Å². The molecule has 3 rings (SSSR count). The summed E-state index contributed by atoms with van der Waals surface area (Å²) < 4.78 is 10.0. The number of ketones is 1. The molecule has 0 radical (unpaired) electrons. The second kappa shape index (κ2) is 12.0. The van der Waals surface area contributed by atoms with Gasteiger partial charge in [-0.2, -0.15) is 9.97 Å². The lowest BCUT2D eigenvalue weighted by molar-refractivity contribution is -0.148. The first-order valence-electron chi connectivity index (χ1n) is 11.8. The van der Waals surface area contributed by atoms with E-state index in [1.54, 1.807) is 26.0 Å². The average Bonchev–Trinajstić information content (AvgIpc) is 3.25. The molecule has 2 aromatic heterocycles. The number of nitrogen functional groups attached to an aromatic ring is 2. The molecule has 1 aromatic carbocycles. The highest BCUT2D eigenvalue weighted by Crippen LogP contribution is 2.24. The van der Waals surface area contributed by atoms with E-state index in [1.807, 2.05) is 18.3 Å². The van der Waals surface area contributed by atoms with Gasteiger partial charge in [-0.3, -0.25) is 9.59 Å². The molecule has 5 N–H and O–H groups in total. The molecule has 10 nitrogen and oxygen atoms in total. The number of carbonyl (C=O) groups excluding carboxylic acids is 3. The minimum absolute atomic E-state index is 0.00932. The molecular formula is C26H31N5O5. The monoisotopic (exact) mass is 493 g/mol. The number of rotatable bonds is 12. The van der Waals surface area contributed by atoms with Crippen molar-refractivity contribution in [2.45, 2.75) is 39.5 Å². The van der Waals surface area contributed by atoms with E-state index in [9.17, 15) is 14.4 Å². The molecule has 190 valence electrons. The van der Waals surface area contributed by atoms with Gasteiger partial charge in [-0.1, -0.05) is 30.8 Å². The minimum atomic E-state index is -0.822. The highest BCUT2D eigenvalue weighted by molar-refractivity contribution is 5.98. The molecule has 0 saturated carbocycles. The van der Waals surface area contributed by atoms with Gasteiger partial charge in [0, 0.05) is 23.8 Å². The predicted octanol–water partition coefficient (Wildman–Crippen LogP) is 3.17. The van der Waals surface area contributed by atoms with Crippen molar-refractivity contribution in [1.82, 2.24) is 15.0 Å². The first kappa shape index (κ1) is 26.4. The lowest BCUT2D eigenvalue weighted by Gasteiger charge is -2.16. The fourth-order valence-electron chi connectivity index (χ4n) is 3.93. The van der Waals surface area contributed by atoms with E-state index in [2.05, 4.69) is 21.5 Å². The topological polar surface area (TPSA) is 163 Å². The molecule has 3 aromatic rings. The van der Waals surface area contributed by atoms with Crippen LogP contribution in [0.4, 0.5) is 11.8 Å². The summed E-state index contributed by atoms with van der Waals surface area (Å²) in [6.07, 6.45) is 3.12. The molecule has 0 aliphatic rings. The number of aromatic amines is 1. The third kappa shape index (κ3) is 6.47. The van der Waals surface area contributed by atoms with E-state index in [0.29, 0.717) is 29.9 Å². The van der Waals surface area contributed by atoms with Gasteiger partial charge >= 0.3 is 11.9 Å². The summed E-state index contributed by atoms with van der Waals surface area (Å²) >= 11 is 0. The van der Waals surface area contributed by atoms with Crippen molar-refractivity contribution in [3.8, 4) is 0 Å². The van der Waals surface area contributed by atoms with Crippen molar-refractivity contribution in [3.05, 3.63) is 59.3 Å². The van der Waals surface area contributed by atoms with Crippen molar-refractivity contribution in [3.63, 3.8) is 0 Å². The number of aromatic nitrogens is 3. The smallest absolute Gasteiger partial charge is 0.333 e. The summed E-state index contributed by atoms with van der Waals surface area (Å²) in [5, 5.41) is 0.755. The largest absolute Gasteiger partial charge is 0.466 e. The molecule has 0 bridgehead atoms. The van der Waals surface area contributed by atoms with Gasteiger partial charge in [-0.15, -0.1) is 0 Å². The van der Waals surface area contributed by atoms with Gasteiger partial charge in [-0.25, -0.2) is 4.79 Å². The molecule has 0 spiro atoms. The lowest BCUT2D eigenvalue weighted by atomic mass is 9.92. The summed E-state index contributed by atoms with van der Waals surface area (Å²) in [4.78, 5) is 48.5. The van der Waals surface area contributed by atoms with Crippen LogP contribution in [0.1, 0.15) is 48.2 Å². The third-order valence-electron chi connectivity index (χ3n) is 5.73. The number of nitrogens with two attached hydrogens (primary N) is 2. The third-order valence-corrected chi connectivity index (χ3v) is 5.73. The molecule has 0 fully saturated rings. The summed E-state index contributed by atoms with van der Waals surface area (Å²) in [5.74, 6) is -1.74. The number of H-pyrrole nitrogens is 1. The zero-order valence-electron chi connectivity index (χ0n) is 20.5. The van der Waals surface area contributed by atoms with Crippen LogP contribution in [0.3, 0.4) is 0 Å². The highest BCUT2D eigenvalue weighted by atomic mass is 16.5. The lowest BCUT2D eigenvalue weighted by Crippen LogP contribution is -2.23. The van der Waals surface area contributed by atoms with Crippen LogP contribution in [0, 0.1) is 5.92 Å². The van der Waals surface area contributed by atoms with Crippen molar-refractivity contribution in [2.24, 2.45) is 5.92 Å². The molecule has 0 aliphatic heterocycles.